The molecule has 1 spiro atoms. The van der Waals surface area contributed by atoms with E-state index in [-0.39, 0.29) is 29.0 Å². The van der Waals surface area contributed by atoms with Crippen molar-refractivity contribution in [1.29, 1.82) is 0 Å². The average molecular weight is 380 g/mol. The molecule has 8 heteroatoms. The van der Waals surface area contributed by atoms with Gasteiger partial charge in [0.15, 0.2) is 5.79 Å². The predicted molar refractivity (Wildman–Crippen MR) is 96.2 cm³/mol. The molecule has 3 rings (SSSR count). The molecule has 2 N–H and O–H groups in total. The van der Waals surface area contributed by atoms with Crippen LogP contribution in [0.3, 0.4) is 0 Å². The Bertz CT molecular complexity index is 772. The summed E-state index contributed by atoms with van der Waals surface area (Å²) in [6.45, 7) is 4.66. The van der Waals surface area contributed by atoms with Crippen molar-refractivity contribution < 1.29 is 22.7 Å². The molecule has 1 atom stereocenters. The van der Waals surface area contributed by atoms with Crippen molar-refractivity contribution >= 4 is 15.9 Å². The van der Waals surface area contributed by atoms with E-state index in [1.807, 2.05) is 0 Å². The second-order valence-electron chi connectivity index (χ2n) is 6.45. The van der Waals surface area contributed by atoms with Crippen LogP contribution in [0.4, 0.5) is 0 Å². The number of carbonyl (C=O) groups excluding carboxylic acids is 1. The number of sulfonamides is 1. The Labute approximate surface area is 153 Å². The maximum absolute atomic E-state index is 12.7. The number of carbonyl (C=O) groups is 1. The molecular weight excluding hydrogens is 356 g/mol. The number of hydrogen-bond acceptors (Lipinski definition) is 5. The van der Waals surface area contributed by atoms with Gasteiger partial charge >= 0.3 is 0 Å². The quantitative estimate of drug-likeness (QED) is 0.731. The standard InChI is InChI=1S/C18H24N2O5S/c1-2-10-19-26(22,23)15-7-5-6-14(13-15)17(21)20-16-8-3-4-9-18(16)24-11-12-25-18/h2,5-7,13,16,19H,1,3-4,8-12H2,(H,20,21)/t16-/m1/s1. The van der Waals surface area contributed by atoms with Crippen molar-refractivity contribution in [2.24, 2.45) is 0 Å². The Balaban J connectivity index is 1.75. The van der Waals surface area contributed by atoms with Crippen LogP contribution in [0.5, 0.6) is 0 Å². The molecule has 0 unspecified atom stereocenters. The molecule has 1 saturated carbocycles. The summed E-state index contributed by atoms with van der Waals surface area (Å²) >= 11 is 0. The first-order valence-electron chi connectivity index (χ1n) is 8.76. The minimum atomic E-state index is -3.68. The molecule has 1 aromatic rings. The summed E-state index contributed by atoms with van der Waals surface area (Å²) in [6, 6.07) is 5.72. The third-order valence-corrected chi connectivity index (χ3v) is 6.13. The second kappa shape index (κ2) is 7.87. The van der Waals surface area contributed by atoms with Crippen molar-refractivity contribution in [3.8, 4) is 0 Å². The predicted octanol–water partition coefficient (Wildman–Crippen LogP) is 1.57. The molecule has 1 aliphatic carbocycles. The lowest BCUT2D eigenvalue weighted by atomic mass is 9.88. The number of rotatable bonds is 6. The lowest BCUT2D eigenvalue weighted by Gasteiger charge is -2.39. The van der Waals surface area contributed by atoms with Gasteiger partial charge in [-0.2, -0.15) is 0 Å². The molecule has 2 fully saturated rings. The van der Waals surface area contributed by atoms with E-state index in [2.05, 4.69) is 16.6 Å². The van der Waals surface area contributed by atoms with Gasteiger partial charge in [0.25, 0.3) is 5.91 Å². The van der Waals surface area contributed by atoms with E-state index < -0.39 is 15.8 Å². The van der Waals surface area contributed by atoms with Crippen LogP contribution in [0.2, 0.25) is 0 Å². The highest BCUT2D eigenvalue weighted by Gasteiger charge is 2.46. The summed E-state index contributed by atoms with van der Waals surface area (Å²) in [5, 5.41) is 2.97. The van der Waals surface area contributed by atoms with Gasteiger partial charge in [0.05, 0.1) is 24.2 Å². The summed E-state index contributed by atoms with van der Waals surface area (Å²) in [5.41, 5.74) is 0.283. The van der Waals surface area contributed by atoms with Gasteiger partial charge in [-0.3, -0.25) is 4.79 Å². The summed E-state index contributed by atoms with van der Waals surface area (Å²) in [7, 11) is -3.68. The molecule has 1 aromatic carbocycles. The normalized spacial score (nSPS) is 22.2. The zero-order valence-electron chi connectivity index (χ0n) is 14.6. The highest BCUT2D eigenvalue weighted by Crippen LogP contribution is 2.36. The zero-order valence-corrected chi connectivity index (χ0v) is 15.4. The Kier molecular flexibility index (Phi) is 5.76. The van der Waals surface area contributed by atoms with Gasteiger partial charge in [-0.1, -0.05) is 18.6 Å². The van der Waals surface area contributed by atoms with Crippen LogP contribution in [0.25, 0.3) is 0 Å². The molecule has 1 aliphatic heterocycles. The van der Waals surface area contributed by atoms with Gasteiger partial charge in [-0.05, 0) is 31.0 Å². The van der Waals surface area contributed by atoms with E-state index in [4.69, 9.17) is 9.47 Å². The fourth-order valence-electron chi connectivity index (χ4n) is 3.41. The van der Waals surface area contributed by atoms with E-state index in [1.54, 1.807) is 12.1 Å². The molecule has 0 bridgehead atoms. The first-order chi connectivity index (χ1) is 12.5. The van der Waals surface area contributed by atoms with E-state index in [9.17, 15) is 13.2 Å². The summed E-state index contributed by atoms with van der Waals surface area (Å²) in [6.07, 6.45) is 4.95. The van der Waals surface area contributed by atoms with Crippen molar-refractivity contribution in [2.75, 3.05) is 19.8 Å². The minimum absolute atomic E-state index is 0.0405. The fraction of sp³-hybridized carbons (Fsp3) is 0.500. The highest BCUT2D eigenvalue weighted by atomic mass is 32.2. The monoisotopic (exact) mass is 380 g/mol. The Morgan fingerprint density at radius 1 is 1.31 bits per heavy atom. The molecule has 26 heavy (non-hydrogen) atoms. The van der Waals surface area contributed by atoms with Crippen molar-refractivity contribution in [2.45, 2.75) is 42.4 Å². The minimum Gasteiger partial charge on any atom is -0.346 e. The molecule has 1 amide bonds. The number of ether oxygens (including phenoxy) is 2. The number of amides is 1. The summed E-state index contributed by atoms with van der Waals surface area (Å²) in [5.74, 6) is -1.08. The highest BCUT2D eigenvalue weighted by molar-refractivity contribution is 7.89. The molecule has 0 aromatic heterocycles. The maximum Gasteiger partial charge on any atom is 0.251 e. The van der Waals surface area contributed by atoms with Crippen LogP contribution in [0.1, 0.15) is 36.0 Å². The first kappa shape index (κ1) is 19.0. The molecule has 0 radical (unpaired) electrons. The molecule has 2 aliphatic rings. The zero-order chi connectivity index (χ0) is 18.6. The molecule has 7 nitrogen and oxygen atoms in total. The van der Waals surface area contributed by atoms with Crippen molar-refractivity contribution in [3.05, 3.63) is 42.5 Å². The number of nitrogens with one attached hydrogen (secondary N) is 2. The molecule has 1 saturated heterocycles. The smallest absolute Gasteiger partial charge is 0.251 e. The van der Waals surface area contributed by atoms with Crippen LogP contribution in [-0.4, -0.2) is 45.9 Å². The van der Waals surface area contributed by atoms with E-state index in [0.717, 1.165) is 25.7 Å². The Morgan fingerprint density at radius 3 is 2.81 bits per heavy atom. The summed E-state index contributed by atoms with van der Waals surface area (Å²) < 4.78 is 38.5. The van der Waals surface area contributed by atoms with E-state index >= 15 is 0 Å². The molecule has 142 valence electrons. The second-order valence-corrected chi connectivity index (χ2v) is 8.22. The van der Waals surface area contributed by atoms with Gasteiger partial charge in [-0.15, -0.1) is 6.58 Å². The van der Waals surface area contributed by atoms with Crippen LogP contribution in [-0.2, 0) is 19.5 Å². The average Bonchev–Trinajstić information content (AvgIpc) is 3.11. The van der Waals surface area contributed by atoms with Gasteiger partial charge in [0, 0.05) is 18.5 Å². The Hall–Kier alpha value is -1.74. The van der Waals surface area contributed by atoms with Gasteiger partial charge < -0.3 is 14.8 Å². The number of hydrogen-bond donors (Lipinski definition) is 2. The topological polar surface area (TPSA) is 93.7 Å². The van der Waals surface area contributed by atoms with Crippen LogP contribution < -0.4 is 10.0 Å². The van der Waals surface area contributed by atoms with Crippen LogP contribution >= 0.6 is 0 Å². The SMILES string of the molecule is C=CCNS(=O)(=O)c1cccc(C(=O)N[C@@H]2CCCCC23OCCO3)c1. The van der Waals surface area contributed by atoms with Crippen molar-refractivity contribution in [3.63, 3.8) is 0 Å². The lowest BCUT2D eigenvalue weighted by Crippen LogP contribution is -2.55. The van der Waals surface area contributed by atoms with Gasteiger partial charge in [0.2, 0.25) is 10.0 Å². The molecule has 1 heterocycles. The summed E-state index contributed by atoms with van der Waals surface area (Å²) in [4.78, 5) is 12.7. The maximum atomic E-state index is 12.7. The van der Waals surface area contributed by atoms with E-state index in [0.29, 0.717) is 13.2 Å². The first-order valence-corrected chi connectivity index (χ1v) is 10.2. The van der Waals surface area contributed by atoms with Gasteiger partial charge in [0.1, 0.15) is 0 Å². The van der Waals surface area contributed by atoms with Crippen molar-refractivity contribution in [1.82, 2.24) is 10.0 Å². The van der Waals surface area contributed by atoms with Gasteiger partial charge in [-0.25, -0.2) is 13.1 Å². The molecular formula is C18H24N2O5S. The fourth-order valence-corrected chi connectivity index (χ4v) is 4.45. The largest absolute Gasteiger partial charge is 0.346 e. The van der Waals surface area contributed by atoms with E-state index in [1.165, 1.54) is 18.2 Å². The number of benzene rings is 1. The van der Waals surface area contributed by atoms with Crippen LogP contribution in [0.15, 0.2) is 41.8 Å². The third-order valence-electron chi connectivity index (χ3n) is 4.70. The third kappa shape index (κ3) is 3.98. The Morgan fingerprint density at radius 2 is 2.08 bits per heavy atom. The van der Waals surface area contributed by atoms with Crippen LogP contribution in [0, 0.1) is 0 Å². The lowest BCUT2D eigenvalue weighted by molar-refractivity contribution is -0.192.